The van der Waals surface area contributed by atoms with E-state index < -0.39 is 5.60 Å². The van der Waals surface area contributed by atoms with E-state index in [0.29, 0.717) is 12.2 Å². The van der Waals surface area contributed by atoms with Gasteiger partial charge in [-0.2, -0.15) is 0 Å². The molecule has 2 aliphatic heterocycles. The van der Waals surface area contributed by atoms with E-state index in [4.69, 9.17) is 4.74 Å². The first-order valence-electron chi connectivity index (χ1n) is 4.91. The van der Waals surface area contributed by atoms with Gasteiger partial charge in [-0.1, -0.05) is 13.8 Å². The third-order valence-electron chi connectivity index (χ3n) is 4.04. The summed E-state index contributed by atoms with van der Waals surface area (Å²) in [6.07, 6.45) is 2.88. The second-order valence-corrected chi connectivity index (χ2v) is 4.59. The average Bonchev–Trinajstić information content (AvgIpc) is 2.45. The lowest BCUT2D eigenvalue weighted by Gasteiger charge is -2.44. The fourth-order valence-corrected chi connectivity index (χ4v) is 2.59. The minimum Gasteiger partial charge on any atom is -0.389 e. The van der Waals surface area contributed by atoms with Crippen LogP contribution in [0.25, 0.3) is 0 Å². The Balaban J connectivity index is 2.27. The van der Waals surface area contributed by atoms with Crippen LogP contribution >= 0.6 is 0 Å². The molecule has 5 atom stereocenters. The van der Waals surface area contributed by atoms with Gasteiger partial charge in [0.1, 0.15) is 0 Å². The molecule has 2 heteroatoms. The molecule has 70 valence electrons. The molecule has 2 fully saturated rings. The molecule has 0 aromatic carbocycles. The summed E-state index contributed by atoms with van der Waals surface area (Å²) in [5, 5.41) is 10.2. The summed E-state index contributed by atoms with van der Waals surface area (Å²) in [5.74, 6) is 0.567. The molecule has 12 heavy (non-hydrogen) atoms. The Labute approximate surface area is 73.9 Å². The minimum atomic E-state index is -0.524. The number of fused-ring (bicyclic) bond motifs is 2. The molecule has 0 radical (unpaired) electrons. The maximum atomic E-state index is 10.2. The average molecular weight is 170 g/mol. The van der Waals surface area contributed by atoms with Crippen molar-refractivity contribution >= 4 is 0 Å². The summed E-state index contributed by atoms with van der Waals surface area (Å²) in [4.78, 5) is 0. The molecule has 0 amide bonds. The Morgan fingerprint density at radius 2 is 1.58 bits per heavy atom. The topological polar surface area (TPSA) is 29.5 Å². The van der Waals surface area contributed by atoms with E-state index in [-0.39, 0.29) is 11.8 Å². The Morgan fingerprint density at radius 1 is 1.17 bits per heavy atom. The molecule has 2 saturated heterocycles. The molecule has 2 rings (SSSR count). The lowest BCUT2D eigenvalue weighted by atomic mass is 9.75. The third-order valence-corrected chi connectivity index (χ3v) is 4.04. The number of hydrogen-bond acceptors (Lipinski definition) is 2. The van der Waals surface area contributed by atoms with Crippen molar-refractivity contribution in [2.24, 2.45) is 11.8 Å². The van der Waals surface area contributed by atoms with Crippen LogP contribution in [0.3, 0.4) is 0 Å². The van der Waals surface area contributed by atoms with Crippen LogP contribution in [-0.4, -0.2) is 22.9 Å². The predicted molar refractivity (Wildman–Crippen MR) is 46.8 cm³/mol. The van der Waals surface area contributed by atoms with Crippen molar-refractivity contribution in [2.75, 3.05) is 0 Å². The second-order valence-electron chi connectivity index (χ2n) is 4.59. The van der Waals surface area contributed by atoms with Crippen LogP contribution < -0.4 is 0 Å². The standard InChI is InChI=1S/C10H18O2/c1-6-8-4-5-9(12-8)7(2)10(6,3)11/h6-9,11H,4-5H2,1-3H3/t6-,7+,8+,9?,10-/m1/s1. The van der Waals surface area contributed by atoms with E-state index in [2.05, 4.69) is 13.8 Å². The zero-order chi connectivity index (χ0) is 8.93. The normalized spacial score (nSPS) is 59.0. The van der Waals surface area contributed by atoms with Gasteiger partial charge in [-0.25, -0.2) is 0 Å². The Bertz CT molecular complexity index is 170. The molecule has 2 bridgehead atoms. The quantitative estimate of drug-likeness (QED) is 0.598. The summed E-state index contributed by atoms with van der Waals surface area (Å²) in [7, 11) is 0. The van der Waals surface area contributed by atoms with Gasteiger partial charge in [-0.15, -0.1) is 0 Å². The van der Waals surface area contributed by atoms with Gasteiger partial charge < -0.3 is 9.84 Å². The summed E-state index contributed by atoms with van der Waals surface area (Å²) < 4.78 is 5.80. The zero-order valence-electron chi connectivity index (χ0n) is 8.08. The van der Waals surface area contributed by atoms with Gasteiger partial charge in [0.25, 0.3) is 0 Å². The Hall–Kier alpha value is -0.0800. The van der Waals surface area contributed by atoms with Crippen LogP contribution in [0.4, 0.5) is 0 Å². The van der Waals surface area contributed by atoms with E-state index in [1.807, 2.05) is 6.92 Å². The monoisotopic (exact) mass is 170 g/mol. The first-order chi connectivity index (χ1) is 5.53. The van der Waals surface area contributed by atoms with Crippen molar-refractivity contribution < 1.29 is 9.84 Å². The molecule has 0 saturated carbocycles. The van der Waals surface area contributed by atoms with Crippen LogP contribution in [0.15, 0.2) is 0 Å². The fraction of sp³-hybridized carbons (Fsp3) is 1.00. The number of hydrogen-bond donors (Lipinski definition) is 1. The van der Waals surface area contributed by atoms with Gasteiger partial charge in [0, 0.05) is 11.8 Å². The maximum absolute atomic E-state index is 10.2. The van der Waals surface area contributed by atoms with Crippen molar-refractivity contribution in [2.45, 2.75) is 51.4 Å². The molecule has 2 aliphatic rings. The van der Waals surface area contributed by atoms with E-state index in [1.54, 1.807) is 0 Å². The van der Waals surface area contributed by atoms with Crippen molar-refractivity contribution in [1.29, 1.82) is 0 Å². The van der Waals surface area contributed by atoms with Gasteiger partial charge >= 0.3 is 0 Å². The second kappa shape index (κ2) is 2.46. The number of ether oxygens (including phenoxy) is 1. The highest BCUT2D eigenvalue weighted by molar-refractivity contribution is 5.00. The smallest absolute Gasteiger partial charge is 0.0719 e. The van der Waals surface area contributed by atoms with Gasteiger partial charge in [-0.3, -0.25) is 0 Å². The van der Waals surface area contributed by atoms with E-state index in [0.717, 1.165) is 12.8 Å². The summed E-state index contributed by atoms with van der Waals surface area (Å²) in [6.45, 7) is 6.15. The van der Waals surface area contributed by atoms with Crippen molar-refractivity contribution in [3.63, 3.8) is 0 Å². The highest BCUT2D eigenvalue weighted by Crippen LogP contribution is 2.45. The zero-order valence-corrected chi connectivity index (χ0v) is 8.08. The molecular formula is C10H18O2. The van der Waals surface area contributed by atoms with Crippen LogP contribution in [0.5, 0.6) is 0 Å². The van der Waals surface area contributed by atoms with E-state index in [9.17, 15) is 5.11 Å². The first kappa shape index (κ1) is 8.52. The van der Waals surface area contributed by atoms with Gasteiger partial charge in [0.2, 0.25) is 0 Å². The molecule has 0 spiro atoms. The number of aliphatic hydroxyl groups is 1. The van der Waals surface area contributed by atoms with Crippen molar-refractivity contribution in [3.05, 3.63) is 0 Å². The lowest BCUT2D eigenvalue weighted by Crippen LogP contribution is -2.52. The predicted octanol–water partition coefficient (Wildman–Crippen LogP) is 1.57. The fourth-order valence-electron chi connectivity index (χ4n) is 2.59. The summed E-state index contributed by atoms with van der Waals surface area (Å²) in [6, 6.07) is 0. The SMILES string of the molecule is C[C@@H]1[C@@H]2CCC(O2)[C@H](C)[C@]1(C)O. The number of rotatable bonds is 0. The molecule has 0 aromatic heterocycles. The van der Waals surface area contributed by atoms with Gasteiger partial charge in [0.05, 0.1) is 17.8 Å². The highest BCUT2D eigenvalue weighted by Gasteiger charge is 2.51. The minimum absolute atomic E-state index is 0.284. The van der Waals surface area contributed by atoms with Gasteiger partial charge in [-0.05, 0) is 19.8 Å². The van der Waals surface area contributed by atoms with Crippen LogP contribution in [0.1, 0.15) is 33.6 Å². The van der Waals surface area contributed by atoms with Crippen LogP contribution in [0.2, 0.25) is 0 Å². The Kier molecular flexibility index (Phi) is 1.74. The molecule has 2 nitrogen and oxygen atoms in total. The first-order valence-corrected chi connectivity index (χ1v) is 4.91. The molecule has 1 unspecified atom stereocenters. The van der Waals surface area contributed by atoms with Crippen molar-refractivity contribution in [3.8, 4) is 0 Å². The van der Waals surface area contributed by atoms with Gasteiger partial charge in [0.15, 0.2) is 0 Å². The molecule has 2 heterocycles. The summed E-state index contributed by atoms with van der Waals surface area (Å²) in [5.41, 5.74) is -0.524. The van der Waals surface area contributed by atoms with E-state index >= 15 is 0 Å². The molecule has 0 aromatic rings. The Morgan fingerprint density at radius 3 is 2.00 bits per heavy atom. The highest BCUT2D eigenvalue weighted by atomic mass is 16.5. The van der Waals surface area contributed by atoms with Crippen LogP contribution in [0, 0.1) is 11.8 Å². The third kappa shape index (κ3) is 0.944. The lowest BCUT2D eigenvalue weighted by molar-refractivity contribution is -0.179. The van der Waals surface area contributed by atoms with Crippen molar-refractivity contribution in [1.82, 2.24) is 0 Å². The maximum Gasteiger partial charge on any atom is 0.0719 e. The largest absolute Gasteiger partial charge is 0.389 e. The molecule has 0 aliphatic carbocycles. The van der Waals surface area contributed by atoms with E-state index in [1.165, 1.54) is 0 Å². The molecule has 1 N–H and O–H groups in total. The molecular weight excluding hydrogens is 152 g/mol. The summed E-state index contributed by atoms with van der Waals surface area (Å²) >= 11 is 0. The van der Waals surface area contributed by atoms with Crippen LogP contribution in [-0.2, 0) is 4.74 Å².